The second-order valence-electron chi connectivity index (χ2n) is 8.10. The van der Waals surface area contributed by atoms with Crippen LogP contribution in [0.5, 0.6) is 0 Å². The third-order valence-electron chi connectivity index (χ3n) is 3.51. The molecular weight excluding hydrogens is 286 g/mol. The first-order chi connectivity index (χ1) is 9.74. The van der Waals surface area contributed by atoms with E-state index in [4.69, 9.17) is 9.47 Å². The van der Waals surface area contributed by atoms with Crippen molar-refractivity contribution in [2.75, 3.05) is 0 Å². The quantitative estimate of drug-likeness (QED) is 0.781. The molecule has 2 N–H and O–H groups in total. The van der Waals surface area contributed by atoms with Crippen molar-refractivity contribution in [2.24, 2.45) is 5.92 Å². The van der Waals surface area contributed by atoms with Gasteiger partial charge in [0, 0.05) is 0 Å². The fourth-order valence-corrected chi connectivity index (χ4v) is 2.43. The number of alkyl carbamates (subject to hydrolysis) is 1. The van der Waals surface area contributed by atoms with Crippen molar-refractivity contribution in [3.63, 3.8) is 0 Å². The summed E-state index contributed by atoms with van der Waals surface area (Å²) in [7, 11) is 0. The van der Waals surface area contributed by atoms with Gasteiger partial charge in [-0.25, -0.2) is 4.79 Å². The third-order valence-corrected chi connectivity index (χ3v) is 3.51. The molecule has 0 bridgehead atoms. The highest BCUT2D eigenvalue weighted by Crippen LogP contribution is 2.42. The van der Waals surface area contributed by atoms with E-state index in [9.17, 15) is 14.7 Å². The van der Waals surface area contributed by atoms with Gasteiger partial charge in [-0.3, -0.25) is 4.79 Å². The zero-order valence-electron chi connectivity index (χ0n) is 14.6. The van der Waals surface area contributed by atoms with Crippen LogP contribution < -0.4 is 5.32 Å². The van der Waals surface area contributed by atoms with E-state index in [0.717, 1.165) is 0 Å². The maximum absolute atomic E-state index is 12.0. The first kappa shape index (κ1) is 18.7. The molecule has 0 aromatic heterocycles. The average Bonchev–Trinajstić information content (AvgIpc) is 2.16. The molecule has 1 aliphatic rings. The molecule has 0 aliphatic heterocycles. The summed E-state index contributed by atoms with van der Waals surface area (Å²) in [6.07, 6.45) is -0.674. The number of amides is 1. The fourth-order valence-electron chi connectivity index (χ4n) is 2.43. The first-order valence-corrected chi connectivity index (χ1v) is 7.66. The molecule has 0 aromatic rings. The number of aliphatic hydroxyl groups excluding tert-OH is 1. The summed E-state index contributed by atoms with van der Waals surface area (Å²) in [6, 6.07) is 0. The molecule has 6 nitrogen and oxygen atoms in total. The topological polar surface area (TPSA) is 84.9 Å². The number of rotatable bonds is 3. The number of hydrogen-bond acceptors (Lipinski definition) is 5. The predicted molar refractivity (Wildman–Crippen MR) is 82.4 cm³/mol. The maximum atomic E-state index is 12.0. The average molecular weight is 315 g/mol. The lowest BCUT2D eigenvalue weighted by molar-refractivity contribution is -0.168. The molecule has 0 heterocycles. The predicted octanol–water partition coefficient (Wildman–Crippen LogP) is 2.38. The number of nitrogens with one attached hydrogen (secondary N) is 1. The fraction of sp³-hybridized carbons (Fsp3) is 0.875. The van der Waals surface area contributed by atoms with Crippen LogP contribution in [0.2, 0.25) is 0 Å². The Labute approximate surface area is 132 Å². The minimum Gasteiger partial charge on any atom is -0.460 e. The minimum atomic E-state index is -0.829. The number of carbonyl (C=O) groups excluding carboxylic acids is 2. The highest BCUT2D eigenvalue weighted by molar-refractivity contribution is 5.76. The lowest BCUT2D eigenvalue weighted by Gasteiger charge is -2.49. The lowest BCUT2D eigenvalue weighted by atomic mass is 9.65. The highest BCUT2D eigenvalue weighted by Gasteiger charge is 2.53. The molecule has 1 atom stereocenters. The van der Waals surface area contributed by atoms with Crippen LogP contribution >= 0.6 is 0 Å². The number of aliphatic hydroxyl groups is 1. The first-order valence-electron chi connectivity index (χ1n) is 7.66. The van der Waals surface area contributed by atoms with E-state index in [1.54, 1.807) is 27.7 Å². The molecule has 1 saturated carbocycles. The zero-order valence-corrected chi connectivity index (χ0v) is 14.6. The van der Waals surface area contributed by atoms with Gasteiger partial charge in [0.1, 0.15) is 11.2 Å². The molecule has 1 fully saturated rings. The van der Waals surface area contributed by atoms with E-state index in [2.05, 4.69) is 5.32 Å². The van der Waals surface area contributed by atoms with Crippen LogP contribution in [-0.4, -0.2) is 40.0 Å². The summed E-state index contributed by atoms with van der Waals surface area (Å²) >= 11 is 0. The third kappa shape index (κ3) is 5.16. The smallest absolute Gasteiger partial charge is 0.408 e. The molecule has 1 amide bonds. The molecule has 22 heavy (non-hydrogen) atoms. The summed E-state index contributed by atoms with van der Waals surface area (Å²) < 4.78 is 10.6. The minimum absolute atomic E-state index is 0.297. The zero-order chi connectivity index (χ0) is 17.3. The molecule has 0 saturated heterocycles. The molecule has 0 radical (unpaired) electrons. The Morgan fingerprint density at radius 3 is 1.91 bits per heavy atom. The highest BCUT2D eigenvalue weighted by atomic mass is 16.6. The van der Waals surface area contributed by atoms with Crippen molar-refractivity contribution in [2.45, 2.75) is 84.2 Å². The second-order valence-corrected chi connectivity index (χ2v) is 8.10. The molecule has 1 unspecified atom stereocenters. The van der Waals surface area contributed by atoms with Crippen LogP contribution in [0, 0.1) is 5.92 Å². The van der Waals surface area contributed by atoms with Gasteiger partial charge in [-0.1, -0.05) is 0 Å². The summed E-state index contributed by atoms with van der Waals surface area (Å²) in [5, 5.41) is 12.7. The summed E-state index contributed by atoms with van der Waals surface area (Å²) in [4.78, 5) is 23.9. The van der Waals surface area contributed by atoms with Crippen molar-refractivity contribution < 1.29 is 24.2 Å². The molecule has 1 aliphatic carbocycles. The van der Waals surface area contributed by atoms with Gasteiger partial charge in [0.15, 0.2) is 0 Å². The molecule has 0 aromatic carbocycles. The van der Waals surface area contributed by atoms with Gasteiger partial charge in [0.05, 0.1) is 17.6 Å². The van der Waals surface area contributed by atoms with E-state index in [0.29, 0.717) is 12.8 Å². The van der Waals surface area contributed by atoms with E-state index in [1.165, 1.54) is 0 Å². The van der Waals surface area contributed by atoms with Gasteiger partial charge in [-0.2, -0.15) is 0 Å². The monoisotopic (exact) mass is 315 g/mol. The van der Waals surface area contributed by atoms with Crippen molar-refractivity contribution in [3.8, 4) is 0 Å². The lowest BCUT2D eigenvalue weighted by Crippen LogP contribution is -2.65. The van der Waals surface area contributed by atoms with E-state index < -0.39 is 28.9 Å². The van der Waals surface area contributed by atoms with Crippen LogP contribution in [0.4, 0.5) is 4.79 Å². The van der Waals surface area contributed by atoms with Crippen LogP contribution in [0.25, 0.3) is 0 Å². The van der Waals surface area contributed by atoms with Crippen LogP contribution in [-0.2, 0) is 14.3 Å². The Balaban J connectivity index is 2.64. The molecule has 6 heteroatoms. The SMILES string of the molecule is CC(O)C1(NC(=O)OC(C)(C)C)CC(C(=O)OC(C)(C)C)C1. The van der Waals surface area contributed by atoms with Crippen LogP contribution in [0.1, 0.15) is 61.3 Å². The van der Waals surface area contributed by atoms with Crippen LogP contribution in [0.3, 0.4) is 0 Å². The molecule has 128 valence electrons. The van der Waals surface area contributed by atoms with E-state index in [1.807, 2.05) is 20.8 Å². The maximum Gasteiger partial charge on any atom is 0.408 e. The molecule has 1 rings (SSSR count). The number of ether oxygens (including phenoxy) is 2. The Hall–Kier alpha value is -1.30. The van der Waals surface area contributed by atoms with Gasteiger partial charge >= 0.3 is 12.1 Å². The van der Waals surface area contributed by atoms with Crippen LogP contribution in [0.15, 0.2) is 0 Å². The molecule has 0 spiro atoms. The van der Waals surface area contributed by atoms with Gasteiger partial charge in [-0.05, 0) is 61.3 Å². The second kappa shape index (κ2) is 6.07. The largest absolute Gasteiger partial charge is 0.460 e. The number of hydrogen-bond donors (Lipinski definition) is 2. The van der Waals surface area contributed by atoms with E-state index >= 15 is 0 Å². The van der Waals surface area contributed by atoms with Gasteiger partial charge in [0.25, 0.3) is 0 Å². The number of esters is 1. The van der Waals surface area contributed by atoms with Crippen molar-refractivity contribution in [1.82, 2.24) is 5.32 Å². The molecular formula is C16H29NO5. The van der Waals surface area contributed by atoms with Crippen molar-refractivity contribution >= 4 is 12.1 Å². The number of carbonyl (C=O) groups is 2. The van der Waals surface area contributed by atoms with Crippen molar-refractivity contribution in [1.29, 1.82) is 0 Å². The Morgan fingerprint density at radius 1 is 1.09 bits per heavy atom. The Morgan fingerprint density at radius 2 is 1.55 bits per heavy atom. The van der Waals surface area contributed by atoms with Gasteiger partial charge in [-0.15, -0.1) is 0 Å². The Kier molecular flexibility index (Phi) is 5.17. The van der Waals surface area contributed by atoms with Gasteiger partial charge in [0.2, 0.25) is 0 Å². The summed E-state index contributed by atoms with van der Waals surface area (Å²) in [6.45, 7) is 12.3. The Bertz CT molecular complexity index is 425. The van der Waals surface area contributed by atoms with Crippen molar-refractivity contribution in [3.05, 3.63) is 0 Å². The summed E-state index contributed by atoms with van der Waals surface area (Å²) in [5.41, 5.74) is -1.99. The normalized spacial score (nSPS) is 26.6. The standard InChI is InChI=1S/C16H29NO5/c1-10(18)16(17-13(20)22-15(5,6)7)8-11(9-16)12(19)21-14(2,3)4/h10-11,18H,8-9H2,1-7H3,(H,17,20). The van der Waals surface area contributed by atoms with E-state index in [-0.39, 0.29) is 11.9 Å². The van der Waals surface area contributed by atoms with Gasteiger partial charge < -0.3 is 19.9 Å². The summed E-state index contributed by atoms with van der Waals surface area (Å²) in [5.74, 6) is -0.612.